The van der Waals surface area contributed by atoms with Crippen molar-refractivity contribution in [2.24, 2.45) is 5.92 Å². The Balaban J connectivity index is 1.06. The normalized spacial score (nSPS) is 47.2. The maximum atomic E-state index is 12.8. The van der Waals surface area contributed by atoms with E-state index in [0.29, 0.717) is 0 Å². The highest BCUT2D eigenvalue weighted by Gasteiger charge is 2.59. The van der Waals surface area contributed by atoms with Gasteiger partial charge in [0, 0.05) is 26.7 Å². The zero-order chi connectivity index (χ0) is 68.8. The molecular formula is C53H89N3O37. The molecule has 538 valence electrons. The zero-order valence-corrected chi connectivity index (χ0v) is 50.8. The third-order valence-electron chi connectivity index (χ3n) is 17.2. The number of hydrogen-bond acceptors (Lipinski definition) is 37. The van der Waals surface area contributed by atoms with E-state index in [0.717, 1.165) is 13.8 Å². The van der Waals surface area contributed by atoms with Gasteiger partial charge in [-0.25, -0.2) is 0 Å². The van der Waals surface area contributed by atoms with Gasteiger partial charge in [-0.3, -0.25) is 19.2 Å². The average molecular weight is 1360 g/mol. The van der Waals surface area contributed by atoms with Crippen molar-refractivity contribution in [3.05, 3.63) is 0 Å². The number of nitrogens with one attached hydrogen (secondary N) is 3. The SMILES string of the molecule is CC(=O)NC1C(O)[C@H](O[C@@H]2OC(CO[C@]3(OC=O)C[C@@H](O)[C@@H](C)C([C@H](O)[C@H](O)CO)O3)[C@H](O)[C@H](O)C2O)[C@H](CO)O[C@H]1OC1[C@@H](OCC2O[C@@H](O[C@@H]3C(CO)O[C@@H](O[C@@H]4C(CO)O[C@@H](C)C(NC(C)=O)[C@H]4O)C(NC(C)=O)[C@H]3O)C(O)[C@@H](O)[C@@H]2O)OC(CO)[C@@H](O)[C@@H]1O. The summed E-state index contributed by atoms with van der Waals surface area (Å²) in [6.07, 6.45) is -58.5. The molecule has 7 saturated heterocycles. The second kappa shape index (κ2) is 33.4. The molecule has 93 heavy (non-hydrogen) atoms. The lowest BCUT2D eigenvalue weighted by atomic mass is 9.87. The highest BCUT2D eigenvalue weighted by molar-refractivity contribution is 5.74. The van der Waals surface area contributed by atoms with Crippen LogP contribution in [0.15, 0.2) is 0 Å². The number of carbonyl (C=O) groups excluding carboxylic acids is 4. The van der Waals surface area contributed by atoms with Crippen LogP contribution < -0.4 is 16.0 Å². The summed E-state index contributed by atoms with van der Waals surface area (Å²) in [5.74, 6) is -5.81. The fourth-order valence-electron chi connectivity index (χ4n) is 12.1. The molecule has 0 aromatic carbocycles. The molecule has 40 heteroatoms. The van der Waals surface area contributed by atoms with Gasteiger partial charge in [0.15, 0.2) is 31.5 Å². The molecule has 36 atom stereocenters. The van der Waals surface area contributed by atoms with Gasteiger partial charge in [0.25, 0.3) is 6.47 Å². The Morgan fingerprint density at radius 3 is 1.33 bits per heavy atom. The van der Waals surface area contributed by atoms with Gasteiger partial charge < -0.3 is 179 Å². The Hall–Kier alpha value is -3.40. The van der Waals surface area contributed by atoms with Gasteiger partial charge >= 0.3 is 5.97 Å². The van der Waals surface area contributed by atoms with E-state index in [4.69, 9.17) is 66.3 Å². The quantitative estimate of drug-likeness (QED) is 0.0282. The monoisotopic (exact) mass is 1360 g/mol. The third kappa shape index (κ3) is 17.4. The maximum Gasteiger partial charge on any atom is 0.332 e. The van der Waals surface area contributed by atoms with Gasteiger partial charge in [0.2, 0.25) is 17.7 Å². The molecule has 0 aromatic rings. The molecule has 0 saturated carbocycles. The summed E-state index contributed by atoms with van der Waals surface area (Å²) in [5, 5.41) is 215. The average Bonchev–Trinajstić information content (AvgIpc) is 0.787. The van der Waals surface area contributed by atoms with E-state index in [1.165, 1.54) is 20.8 Å². The van der Waals surface area contributed by atoms with Crippen molar-refractivity contribution in [3.8, 4) is 0 Å². The number of ether oxygens (including phenoxy) is 14. The molecule has 7 aliphatic rings. The Labute approximate surface area is 529 Å². The highest BCUT2D eigenvalue weighted by Crippen LogP contribution is 2.40. The van der Waals surface area contributed by atoms with Crippen molar-refractivity contribution < 1.29 is 183 Å². The molecule has 0 aliphatic carbocycles. The first-order chi connectivity index (χ1) is 43.9. The Kier molecular flexibility index (Phi) is 27.7. The fourth-order valence-corrected chi connectivity index (χ4v) is 12.1. The van der Waals surface area contributed by atoms with Gasteiger partial charge in [-0.15, -0.1) is 0 Å². The molecule has 0 bridgehead atoms. The topological polar surface area (TPSA) is 618 Å². The highest BCUT2D eigenvalue weighted by atomic mass is 16.9. The van der Waals surface area contributed by atoms with Gasteiger partial charge in [0.1, 0.15) is 152 Å². The van der Waals surface area contributed by atoms with Crippen molar-refractivity contribution in [3.63, 3.8) is 0 Å². The summed E-state index contributed by atoms with van der Waals surface area (Å²) in [6, 6.07) is -4.62. The number of hydrogen-bond donors (Lipinski definition) is 22. The molecule has 7 fully saturated rings. The van der Waals surface area contributed by atoms with Crippen molar-refractivity contribution in [2.45, 2.75) is 255 Å². The molecule has 7 heterocycles. The van der Waals surface area contributed by atoms with E-state index in [1.54, 1.807) is 0 Å². The predicted molar refractivity (Wildman–Crippen MR) is 290 cm³/mol. The lowest BCUT2D eigenvalue weighted by molar-refractivity contribution is -0.424. The van der Waals surface area contributed by atoms with Gasteiger partial charge in [0.05, 0.1) is 77.0 Å². The number of amides is 3. The van der Waals surface area contributed by atoms with Crippen LogP contribution in [0.2, 0.25) is 0 Å². The summed E-state index contributed by atoms with van der Waals surface area (Å²) in [4.78, 5) is 49.1. The van der Waals surface area contributed by atoms with Crippen LogP contribution >= 0.6 is 0 Å². The Bertz CT molecular complexity index is 2380. The van der Waals surface area contributed by atoms with Crippen LogP contribution in [-0.4, -0.2) is 382 Å². The van der Waals surface area contributed by atoms with Crippen molar-refractivity contribution in [1.82, 2.24) is 16.0 Å². The molecule has 22 N–H and O–H groups in total. The molecule has 7 rings (SSSR count). The second-order valence-corrected chi connectivity index (χ2v) is 23.8. The number of aliphatic hydroxyl groups excluding tert-OH is 19. The van der Waals surface area contributed by atoms with Gasteiger partial charge in [-0.1, -0.05) is 6.92 Å². The molecule has 0 radical (unpaired) electrons. The summed E-state index contributed by atoms with van der Waals surface area (Å²) in [5.41, 5.74) is 0. The van der Waals surface area contributed by atoms with E-state index in [-0.39, 0.29) is 6.47 Å². The van der Waals surface area contributed by atoms with E-state index >= 15 is 0 Å². The van der Waals surface area contributed by atoms with Gasteiger partial charge in [-0.2, -0.15) is 0 Å². The lowest BCUT2D eigenvalue weighted by Gasteiger charge is -2.50. The molecule has 3 amide bonds. The van der Waals surface area contributed by atoms with Crippen molar-refractivity contribution in [2.75, 3.05) is 46.2 Å². The van der Waals surface area contributed by atoms with E-state index in [1.807, 2.05) is 0 Å². The van der Waals surface area contributed by atoms with Crippen LogP contribution in [0.4, 0.5) is 0 Å². The van der Waals surface area contributed by atoms with Crippen LogP contribution in [0.1, 0.15) is 41.0 Å². The van der Waals surface area contributed by atoms with Gasteiger partial charge in [-0.05, 0) is 6.92 Å². The fraction of sp³-hybridized carbons (Fsp3) is 0.925. The predicted octanol–water partition coefficient (Wildman–Crippen LogP) is -14.2. The van der Waals surface area contributed by atoms with Crippen molar-refractivity contribution in [1.29, 1.82) is 0 Å². The van der Waals surface area contributed by atoms with Crippen LogP contribution in [0.5, 0.6) is 0 Å². The van der Waals surface area contributed by atoms with E-state index in [9.17, 15) is 116 Å². The number of carbonyl (C=O) groups is 4. The summed E-state index contributed by atoms with van der Waals surface area (Å²) in [7, 11) is 0. The van der Waals surface area contributed by atoms with E-state index in [2.05, 4.69) is 16.0 Å². The van der Waals surface area contributed by atoms with E-state index < -0.39 is 291 Å². The largest absolute Gasteiger partial charge is 0.410 e. The first kappa shape index (κ1) is 77.0. The van der Waals surface area contributed by atoms with Crippen LogP contribution in [0, 0.1) is 5.92 Å². The van der Waals surface area contributed by atoms with Crippen molar-refractivity contribution >= 4 is 24.2 Å². The molecule has 0 aromatic heterocycles. The lowest BCUT2D eigenvalue weighted by Crippen LogP contribution is -2.70. The zero-order valence-electron chi connectivity index (χ0n) is 50.8. The maximum absolute atomic E-state index is 12.8. The molecule has 40 nitrogen and oxygen atoms in total. The Morgan fingerprint density at radius 2 is 0.882 bits per heavy atom. The minimum atomic E-state index is -2.58. The molecule has 7 aliphatic heterocycles. The summed E-state index contributed by atoms with van der Waals surface area (Å²) < 4.78 is 81.3. The van der Waals surface area contributed by atoms with Crippen LogP contribution in [-0.2, 0) is 85.5 Å². The summed E-state index contributed by atoms with van der Waals surface area (Å²) >= 11 is 0. The summed E-state index contributed by atoms with van der Waals surface area (Å²) in [6.45, 7) is -0.774. The number of rotatable bonds is 26. The molecule has 13 unspecified atom stereocenters. The third-order valence-corrected chi connectivity index (χ3v) is 17.2. The van der Waals surface area contributed by atoms with Crippen LogP contribution in [0.25, 0.3) is 0 Å². The molecular weight excluding hydrogens is 1270 g/mol. The Morgan fingerprint density at radius 1 is 0.484 bits per heavy atom. The van der Waals surface area contributed by atoms with Crippen LogP contribution in [0.3, 0.4) is 0 Å². The smallest absolute Gasteiger partial charge is 0.332 e. The standard InChI is InChI=1S/C53H89N3O37/c1-15-20(66)6-53(82-14-62,93-43(15)31(68)21(67)7-57)81-13-27-34(71)39(76)42(79)51(88-27)91-46-25(11-61)86-49(30(37(46)74)56-19(5)65)92-47-40(77)32(69)22(8-58)84-52(47)80-12-26-33(70)38(75)41(78)50(87-26)90-45-24(10-60)85-48(29(36(45)73)55-18(4)64)89-44-23(9-59)83-16(2)28(35(44)72)54-17(3)63/h14-16,20-52,57-61,66-79H,6-13H2,1-5H3,(H,54,63)(H,55,64)(H,56,65)/t15-,16+,20-,21-,22?,23?,24?,25+,26?,27?,28?,29?,30?,31-,32-,33-,34+,35-,36-,37?,38+,39+,40+,41?,42?,43?,44-,45-,46-,47?,48+,49+,50+,51+,52+,53+/m1/s1. The molecule has 0 spiro atoms. The first-order valence-electron chi connectivity index (χ1n) is 29.9. The number of aliphatic hydroxyl groups is 19. The minimum Gasteiger partial charge on any atom is -0.410 e. The minimum absolute atomic E-state index is 0.156. The second-order valence-electron chi connectivity index (χ2n) is 23.8. The first-order valence-corrected chi connectivity index (χ1v) is 29.9.